The number of nitrogens with one attached hydrogen (secondary N) is 4. The zero-order valence-corrected chi connectivity index (χ0v) is 23.8. The number of carbonyl (C=O) groups is 4. The van der Waals surface area contributed by atoms with Crippen molar-refractivity contribution in [3.05, 3.63) is 35.9 Å². The lowest BCUT2D eigenvalue weighted by atomic mass is 10.2. The maximum Gasteiger partial charge on any atom is 0.414 e. The van der Waals surface area contributed by atoms with Crippen LogP contribution in [-0.4, -0.2) is 61.0 Å². The fourth-order valence-corrected chi connectivity index (χ4v) is 2.91. The number of unbranched alkanes of at least 4 members (excludes halogenated alkanes) is 3. The summed E-state index contributed by atoms with van der Waals surface area (Å²) in [7, 11) is 0. The number of hydrogen-bond donors (Lipinski definition) is 4. The Morgan fingerprint density at radius 2 is 1.31 bits per heavy atom. The zero-order valence-electron chi connectivity index (χ0n) is 23.8. The van der Waals surface area contributed by atoms with Crippen molar-refractivity contribution >= 4 is 30.1 Å². The van der Waals surface area contributed by atoms with Crippen LogP contribution in [0, 0.1) is 0 Å². The maximum atomic E-state index is 12.1. The van der Waals surface area contributed by atoms with Gasteiger partial charge in [-0.3, -0.25) is 20.4 Å². The number of carbonyl (C=O) groups excluding carboxylic acids is 4. The topological polar surface area (TPSA) is 156 Å². The molecule has 0 unspecified atom stereocenters. The van der Waals surface area contributed by atoms with E-state index in [0.29, 0.717) is 19.5 Å². The van der Waals surface area contributed by atoms with E-state index in [1.807, 2.05) is 30.3 Å². The minimum absolute atomic E-state index is 0.0550. The van der Waals surface area contributed by atoms with E-state index >= 15 is 0 Å². The first-order valence-electron chi connectivity index (χ1n) is 13.0. The van der Waals surface area contributed by atoms with Crippen molar-refractivity contribution in [3.8, 4) is 0 Å². The fraction of sp³-hybridized carbons (Fsp3) is 0.593. The van der Waals surface area contributed by atoms with E-state index in [2.05, 4.69) is 26.3 Å². The van der Waals surface area contributed by atoms with Gasteiger partial charge in [-0.1, -0.05) is 43.2 Å². The molecule has 0 saturated carbocycles. The van der Waals surface area contributed by atoms with Gasteiger partial charge >= 0.3 is 18.3 Å². The summed E-state index contributed by atoms with van der Waals surface area (Å²) in [4.78, 5) is 52.1. The van der Waals surface area contributed by atoms with Crippen molar-refractivity contribution in [3.63, 3.8) is 0 Å². The smallest absolute Gasteiger partial charge is 0.414 e. The molecule has 0 aliphatic rings. The van der Waals surface area contributed by atoms with Gasteiger partial charge in [0, 0.05) is 13.1 Å². The average molecular weight is 550 g/mol. The molecule has 1 rings (SSSR count). The largest absolute Gasteiger partial charge is 0.445 e. The molecule has 0 radical (unpaired) electrons. The first-order valence-corrected chi connectivity index (χ1v) is 13.0. The summed E-state index contributed by atoms with van der Waals surface area (Å²) in [6, 6.07) is 9.25. The second-order valence-corrected chi connectivity index (χ2v) is 10.7. The van der Waals surface area contributed by atoms with Gasteiger partial charge in [0.15, 0.2) is 0 Å². The molecule has 0 spiro atoms. The summed E-state index contributed by atoms with van der Waals surface area (Å²) in [5.41, 5.74) is -0.561. The van der Waals surface area contributed by atoms with E-state index < -0.39 is 29.5 Å². The lowest BCUT2D eigenvalue weighted by molar-refractivity contribution is -0.120. The second kappa shape index (κ2) is 16.9. The predicted molar refractivity (Wildman–Crippen MR) is 147 cm³/mol. The molecule has 1 aromatic carbocycles. The second-order valence-electron chi connectivity index (χ2n) is 10.7. The van der Waals surface area contributed by atoms with Gasteiger partial charge in [0.25, 0.3) is 0 Å². The molecule has 12 heteroatoms. The minimum atomic E-state index is -0.744. The summed E-state index contributed by atoms with van der Waals surface area (Å²) < 4.78 is 15.5. The quantitative estimate of drug-likeness (QED) is 0.141. The van der Waals surface area contributed by atoms with Gasteiger partial charge in [-0.05, 0) is 59.9 Å². The van der Waals surface area contributed by atoms with Crippen LogP contribution in [0.5, 0.6) is 0 Å². The zero-order chi connectivity index (χ0) is 29.3. The number of benzene rings is 1. The molecule has 0 aliphatic carbocycles. The van der Waals surface area contributed by atoms with Crippen LogP contribution in [0.2, 0.25) is 0 Å². The third kappa shape index (κ3) is 19.0. The highest BCUT2D eigenvalue weighted by molar-refractivity contribution is 6.01. The highest BCUT2D eigenvalue weighted by atomic mass is 16.6. The van der Waals surface area contributed by atoms with Crippen LogP contribution in [0.25, 0.3) is 0 Å². The Balaban J connectivity index is 2.28. The van der Waals surface area contributed by atoms with E-state index in [1.165, 1.54) is 0 Å². The van der Waals surface area contributed by atoms with Crippen molar-refractivity contribution in [2.24, 2.45) is 4.99 Å². The summed E-state index contributed by atoms with van der Waals surface area (Å²) in [5, 5.41) is 10.0. The van der Waals surface area contributed by atoms with Gasteiger partial charge in [0.1, 0.15) is 17.8 Å². The van der Waals surface area contributed by atoms with Crippen LogP contribution in [0.3, 0.4) is 0 Å². The Labute approximate surface area is 230 Å². The van der Waals surface area contributed by atoms with Gasteiger partial charge in [-0.15, -0.1) is 0 Å². The third-order valence-corrected chi connectivity index (χ3v) is 4.52. The lowest BCUT2D eigenvalue weighted by Crippen LogP contribution is -2.47. The molecule has 39 heavy (non-hydrogen) atoms. The fourth-order valence-electron chi connectivity index (χ4n) is 2.91. The molecule has 0 saturated heterocycles. The van der Waals surface area contributed by atoms with Gasteiger partial charge in [0.2, 0.25) is 11.9 Å². The van der Waals surface area contributed by atoms with Crippen molar-refractivity contribution in [2.45, 2.75) is 85.0 Å². The molecule has 0 aromatic heterocycles. The molecule has 0 atom stereocenters. The number of hydrogen-bond acceptors (Lipinski definition) is 8. The molecule has 1 aromatic rings. The van der Waals surface area contributed by atoms with Crippen LogP contribution < -0.4 is 21.3 Å². The van der Waals surface area contributed by atoms with E-state index in [4.69, 9.17) is 14.2 Å². The van der Waals surface area contributed by atoms with Crippen LogP contribution in [0.1, 0.15) is 72.8 Å². The van der Waals surface area contributed by atoms with Crippen molar-refractivity contribution < 1.29 is 33.4 Å². The summed E-state index contributed by atoms with van der Waals surface area (Å²) in [6.07, 6.45) is 0.938. The third-order valence-electron chi connectivity index (χ3n) is 4.52. The molecule has 4 amide bonds. The van der Waals surface area contributed by atoms with E-state index in [1.54, 1.807) is 41.5 Å². The Kier molecular flexibility index (Phi) is 14.4. The minimum Gasteiger partial charge on any atom is -0.445 e. The molecule has 0 fully saturated rings. The Hall–Kier alpha value is -3.83. The van der Waals surface area contributed by atoms with Gasteiger partial charge in [-0.25, -0.2) is 14.4 Å². The molecule has 218 valence electrons. The monoisotopic (exact) mass is 549 g/mol. The normalized spacial score (nSPS) is 11.0. The molecule has 0 heterocycles. The first-order chi connectivity index (χ1) is 18.2. The first kappa shape index (κ1) is 33.2. The molecule has 0 aliphatic heterocycles. The molecule has 0 bridgehead atoms. The van der Waals surface area contributed by atoms with Gasteiger partial charge in [0.05, 0.1) is 6.54 Å². The maximum absolute atomic E-state index is 12.1. The summed E-state index contributed by atoms with van der Waals surface area (Å²) in [5.74, 6) is -0.358. The standard InChI is InChI=1S/C27H43N5O7/c1-26(2,3)38-24(35)31-22(32-25(36)39-27(4,5)6)29-17-13-8-7-12-16-28-21(33)18-30-23(34)37-19-20-14-10-9-11-15-20/h9-11,14-15H,7-8,12-13,16-19H2,1-6H3,(H,28,33)(H,30,34)(H2,29,31,32,35,36). The number of rotatable bonds is 11. The van der Waals surface area contributed by atoms with Crippen LogP contribution in [0.4, 0.5) is 14.4 Å². The highest BCUT2D eigenvalue weighted by Gasteiger charge is 2.21. The Morgan fingerprint density at radius 3 is 1.87 bits per heavy atom. The van der Waals surface area contributed by atoms with Crippen molar-refractivity contribution in [2.75, 3.05) is 19.6 Å². The summed E-state index contributed by atoms with van der Waals surface area (Å²) >= 11 is 0. The predicted octanol–water partition coefficient (Wildman–Crippen LogP) is 3.99. The van der Waals surface area contributed by atoms with Gasteiger partial charge in [-0.2, -0.15) is 0 Å². The molecular weight excluding hydrogens is 506 g/mol. The average Bonchev–Trinajstić information content (AvgIpc) is 2.81. The number of nitrogens with zero attached hydrogens (tertiary/aromatic N) is 1. The lowest BCUT2D eigenvalue weighted by Gasteiger charge is -2.22. The van der Waals surface area contributed by atoms with Crippen LogP contribution in [-0.2, 0) is 25.6 Å². The number of aliphatic imine (C=N–C) groups is 1. The van der Waals surface area contributed by atoms with Crippen LogP contribution in [0.15, 0.2) is 35.3 Å². The van der Waals surface area contributed by atoms with E-state index in [0.717, 1.165) is 24.8 Å². The van der Waals surface area contributed by atoms with Gasteiger partial charge < -0.3 is 24.8 Å². The molecule has 12 nitrogen and oxygen atoms in total. The molecule has 4 N–H and O–H groups in total. The van der Waals surface area contributed by atoms with E-state index in [9.17, 15) is 19.2 Å². The highest BCUT2D eigenvalue weighted by Crippen LogP contribution is 2.08. The Bertz CT molecular complexity index is 922. The SMILES string of the molecule is CC(C)(C)OC(=O)NC(=NCCCCCCNC(=O)CNC(=O)OCc1ccccc1)NC(=O)OC(C)(C)C. The van der Waals surface area contributed by atoms with Crippen LogP contribution >= 0.6 is 0 Å². The number of amides is 4. The van der Waals surface area contributed by atoms with E-state index in [-0.39, 0.29) is 25.0 Å². The Morgan fingerprint density at radius 1 is 0.744 bits per heavy atom. The number of alkyl carbamates (subject to hydrolysis) is 3. The molecular formula is C27H43N5O7. The summed E-state index contributed by atoms with van der Waals surface area (Å²) in [6.45, 7) is 11.1. The number of guanidine groups is 1. The number of ether oxygens (including phenoxy) is 3. The van der Waals surface area contributed by atoms with Crippen molar-refractivity contribution in [1.29, 1.82) is 0 Å². The van der Waals surface area contributed by atoms with Crippen molar-refractivity contribution in [1.82, 2.24) is 21.3 Å².